The Kier molecular flexibility index (Phi) is 15.6. The summed E-state index contributed by atoms with van der Waals surface area (Å²) in [5.74, 6) is -5.44. The van der Waals surface area contributed by atoms with Gasteiger partial charge in [-0.15, -0.1) is 0 Å². The molecule has 10 atom stereocenters. The van der Waals surface area contributed by atoms with Crippen LogP contribution in [0.2, 0.25) is 0 Å². The summed E-state index contributed by atoms with van der Waals surface area (Å²) in [4.78, 5) is 80.7. The van der Waals surface area contributed by atoms with Crippen LogP contribution in [0.4, 0.5) is 0 Å². The number of benzene rings is 5. The minimum atomic E-state index is -2.04. The molecular weight excluding hydrogens is 861 g/mol. The minimum Gasteiger partial charge on any atom is -0.459 e. The second-order valence-electron chi connectivity index (χ2n) is 14.9. The molecule has 0 saturated carbocycles. The van der Waals surface area contributed by atoms with Crippen LogP contribution in [0, 0.1) is 0 Å². The van der Waals surface area contributed by atoms with Crippen LogP contribution in [-0.2, 0) is 47.4 Å². The molecule has 0 bridgehead atoms. The molecule has 0 spiro atoms. The van der Waals surface area contributed by atoms with Gasteiger partial charge in [0.15, 0.2) is 43.1 Å². The summed E-state index contributed by atoms with van der Waals surface area (Å²) in [5.41, 5.74) is 0.456. The number of carbonyl (C=O) groups is 6. The highest BCUT2D eigenvalue weighted by Crippen LogP contribution is 2.33. The third-order valence-corrected chi connectivity index (χ3v) is 10.3. The summed E-state index contributed by atoms with van der Waals surface area (Å²) < 4.78 is 53.2. The van der Waals surface area contributed by atoms with Crippen molar-refractivity contribution in [3.05, 3.63) is 179 Å². The predicted molar refractivity (Wildman–Crippen MR) is 226 cm³/mol. The lowest BCUT2D eigenvalue weighted by Crippen LogP contribution is -2.64. The van der Waals surface area contributed by atoms with Gasteiger partial charge in [-0.2, -0.15) is 0 Å². The fourth-order valence-corrected chi connectivity index (χ4v) is 7.13. The Morgan fingerprint density at radius 1 is 0.424 bits per heavy atom. The summed E-state index contributed by atoms with van der Waals surface area (Å²) in [6, 6.07) is 38.9. The van der Waals surface area contributed by atoms with Gasteiger partial charge in [0, 0.05) is 6.92 Å². The summed E-state index contributed by atoms with van der Waals surface area (Å²) in [6.45, 7) is -0.326. The van der Waals surface area contributed by atoms with Crippen molar-refractivity contribution in [3.8, 4) is 0 Å². The van der Waals surface area contributed by atoms with Crippen molar-refractivity contribution < 1.29 is 81.6 Å². The molecule has 2 fully saturated rings. The van der Waals surface area contributed by atoms with Crippen molar-refractivity contribution in [2.45, 2.75) is 68.3 Å². The number of esters is 6. The van der Waals surface area contributed by atoms with E-state index in [2.05, 4.69) is 0 Å². The Morgan fingerprint density at radius 2 is 0.773 bits per heavy atom. The highest BCUT2D eigenvalue weighted by Gasteiger charge is 2.55. The van der Waals surface area contributed by atoms with E-state index in [0.29, 0.717) is 0 Å². The average Bonchev–Trinajstić information content (AvgIpc) is 3.35. The lowest BCUT2D eigenvalue weighted by molar-refractivity contribution is -0.325. The number of aliphatic hydroxyl groups is 2. The van der Waals surface area contributed by atoms with Crippen LogP contribution in [0.1, 0.15) is 58.7 Å². The van der Waals surface area contributed by atoms with E-state index in [1.165, 1.54) is 60.7 Å². The second kappa shape index (κ2) is 22.1. The molecule has 2 aliphatic rings. The first-order valence-electron chi connectivity index (χ1n) is 20.7. The van der Waals surface area contributed by atoms with Gasteiger partial charge in [0.1, 0.15) is 24.9 Å². The molecule has 0 unspecified atom stereocenters. The van der Waals surface area contributed by atoms with E-state index in [4.69, 9.17) is 42.6 Å². The first kappa shape index (κ1) is 46.7. The first-order chi connectivity index (χ1) is 32.0. The van der Waals surface area contributed by atoms with Crippen molar-refractivity contribution in [2.24, 2.45) is 0 Å². The maximum atomic E-state index is 13.8. The van der Waals surface area contributed by atoms with Crippen LogP contribution in [0.25, 0.3) is 0 Å². The molecule has 5 aromatic rings. The average molecular weight is 905 g/mol. The molecule has 0 amide bonds. The standard InChI is InChI=1S/C49H44O17/c1-29(50)60-42-41(66-47(56)34-25-15-6-16-26-34)39(64-45(54)32-21-11-4-12-22-32)36(27-58-43(52)30-17-7-2-8-18-30)62-49(42)59-28-35-38(63-44(53)31-19-9-3-10-20-31)40(37(51)48(57)61-35)65-46(55)33-23-13-5-14-24-33/h2-26,35-42,48-49,51,57H,27-28H2,1H3/t35-,36-,37+,38-,39-,40-,41+,42+,48+,49+/m1/s1. The number of carbonyl (C=O) groups excluding carboxylic acids is 6. The minimum absolute atomic E-state index is 0.0607. The summed E-state index contributed by atoms with van der Waals surface area (Å²) in [5, 5.41) is 22.2. The van der Waals surface area contributed by atoms with Gasteiger partial charge < -0.3 is 52.8 Å². The Morgan fingerprint density at radius 3 is 1.18 bits per heavy atom. The number of rotatable bonds is 15. The van der Waals surface area contributed by atoms with Crippen LogP contribution in [0.15, 0.2) is 152 Å². The van der Waals surface area contributed by atoms with E-state index in [0.717, 1.165) is 6.92 Å². The fourth-order valence-electron chi connectivity index (χ4n) is 7.13. The Hall–Kier alpha value is -7.28. The molecule has 342 valence electrons. The highest BCUT2D eigenvalue weighted by molar-refractivity contribution is 5.92. The van der Waals surface area contributed by atoms with Gasteiger partial charge in [-0.1, -0.05) is 91.0 Å². The van der Waals surface area contributed by atoms with E-state index < -0.39 is 110 Å². The van der Waals surface area contributed by atoms with Crippen molar-refractivity contribution >= 4 is 35.8 Å². The van der Waals surface area contributed by atoms with Crippen LogP contribution >= 0.6 is 0 Å². The van der Waals surface area contributed by atoms with Crippen LogP contribution in [0.3, 0.4) is 0 Å². The van der Waals surface area contributed by atoms with Gasteiger partial charge in [-0.05, 0) is 60.7 Å². The van der Waals surface area contributed by atoms with Gasteiger partial charge in [-0.25, -0.2) is 24.0 Å². The monoisotopic (exact) mass is 904 g/mol. The van der Waals surface area contributed by atoms with Crippen LogP contribution in [-0.4, -0.2) is 121 Å². The van der Waals surface area contributed by atoms with Gasteiger partial charge in [0.05, 0.1) is 34.4 Å². The van der Waals surface area contributed by atoms with Gasteiger partial charge >= 0.3 is 35.8 Å². The smallest absolute Gasteiger partial charge is 0.338 e. The molecule has 5 aromatic carbocycles. The zero-order chi connectivity index (χ0) is 46.6. The molecular formula is C49H44O17. The van der Waals surface area contributed by atoms with E-state index in [1.54, 1.807) is 91.0 Å². The third kappa shape index (κ3) is 11.7. The first-order valence-corrected chi connectivity index (χ1v) is 20.7. The quantitative estimate of drug-likeness (QED) is 0.109. The number of aliphatic hydroxyl groups excluding tert-OH is 2. The van der Waals surface area contributed by atoms with Crippen molar-refractivity contribution in [1.82, 2.24) is 0 Å². The molecule has 0 aromatic heterocycles. The molecule has 2 N–H and O–H groups in total. The van der Waals surface area contributed by atoms with E-state index >= 15 is 0 Å². The van der Waals surface area contributed by atoms with Crippen LogP contribution < -0.4 is 0 Å². The predicted octanol–water partition coefficient (Wildman–Crippen LogP) is 4.50. The maximum absolute atomic E-state index is 13.8. The summed E-state index contributed by atoms with van der Waals surface area (Å²) in [7, 11) is 0. The summed E-state index contributed by atoms with van der Waals surface area (Å²) in [6.07, 6.45) is -17.4. The lowest BCUT2D eigenvalue weighted by Gasteiger charge is -2.45. The molecule has 0 radical (unpaired) electrons. The molecule has 66 heavy (non-hydrogen) atoms. The zero-order valence-electron chi connectivity index (χ0n) is 35.1. The zero-order valence-corrected chi connectivity index (χ0v) is 35.1. The number of hydrogen-bond acceptors (Lipinski definition) is 17. The Labute approximate surface area is 377 Å². The molecule has 0 aliphatic carbocycles. The molecule has 7 rings (SSSR count). The molecule has 2 aliphatic heterocycles. The number of ether oxygens (including phenoxy) is 9. The Balaban J connectivity index is 1.24. The van der Waals surface area contributed by atoms with E-state index in [-0.39, 0.29) is 27.8 Å². The second-order valence-corrected chi connectivity index (χ2v) is 14.9. The largest absolute Gasteiger partial charge is 0.459 e. The normalized spacial score (nSPS) is 24.7. The third-order valence-electron chi connectivity index (χ3n) is 10.3. The highest BCUT2D eigenvalue weighted by atomic mass is 16.7. The van der Waals surface area contributed by atoms with Crippen molar-refractivity contribution in [3.63, 3.8) is 0 Å². The summed E-state index contributed by atoms with van der Waals surface area (Å²) >= 11 is 0. The fraction of sp³-hybridized carbons (Fsp3) is 0.265. The SMILES string of the molecule is CC(=O)O[C@@H]1[C@@H](OC[C@H]2O[C@H](O)[C@@H](O)[C@@H](OC(=O)c3ccccc3)[C@@H]2OC(=O)c2ccccc2)O[C@H](COC(=O)c2ccccc2)[C@@H](OC(=O)c2ccccc2)[C@@H]1OC(=O)c1ccccc1. The van der Waals surface area contributed by atoms with Gasteiger partial charge in [0.2, 0.25) is 0 Å². The maximum Gasteiger partial charge on any atom is 0.338 e. The van der Waals surface area contributed by atoms with E-state index in [9.17, 15) is 39.0 Å². The van der Waals surface area contributed by atoms with Crippen LogP contribution in [0.5, 0.6) is 0 Å². The van der Waals surface area contributed by atoms with Gasteiger partial charge in [0.25, 0.3) is 0 Å². The molecule has 2 saturated heterocycles. The molecule has 17 nitrogen and oxygen atoms in total. The van der Waals surface area contributed by atoms with Gasteiger partial charge in [-0.3, -0.25) is 4.79 Å². The molecule has 17 heteroatoms. The lowest BCUT2D eigenvalue weighted by atomic mass is 9.97. The molecule has 2 heterocycles. The van der Waals surface area contributed by atoms with Crippen molar-refractivity contribution in [1.29, 1.82) is 0 Å². The van der Waals surface area contributed by atoms with Crippen molar-refractivity contribution in [2.75, 3.05) is 13.2 Å². The topological polar surface area (TPSA) is 226 Å². The van der Waals surface area contributed by atoms with E-state index in [1.807, 2.05) is 0 Å². The Bertz CT molecular complexity index is 2420. The number of hydrogen-bond donors (Lipinski definition) is 2.